The van der Waals surface area contributed by atoms with Crippen LogP contribution in [0.1, 0.15) is 25.0 Å². The smallest absolute Gasteiger partial charge is 0.227 e. The van der Waals surface area contributed by atoms with E-state index in [4.69, 9.17) is 4.74 Å². The third-order valence-corrected chi connectivity index (χ3v) is 5.12. The molecule has 0 aromatic heterocycles. The van der Waals surface area contributed by atoms with E-state index in [2.05, 4.69) is 25.8 Å². The molecule has 1 heterocycles. The van der Waals surface area contributed by atoms with Gasteiger partial charge in [0.15, 0.2) is 0 Å². The number of hydrogen-bond donors (Lipinski definition) is 0. The largest absolute Gasteiger partial charge is 0.493 e. The van der Waals surface area contributed by atoms with Gasteiger partial charge in [0.05, 0.1) is 13.0 Å². The minimum absolute atomic E-state index is 0.0970. The number of hydrogen-bond acceptors (Lipinski definition) is 3. The van der Waals surface area contributed by atoms with Crippen molar-refractivity contribution in [2.75, 3.05) is 33.3 Å². The van der Waals surface area contributed by atoms with Gasteiger partial charge in [-0.1, -0.05) is 38.1 Å². The highest BCUT2D eigenvalue weighted by atomic mass is 19.1. The summed E-state index contributed by atoms with van der Waals surface area (Å²) in [6, 6.07) is 14.2. The molecule has 0 atom stereocenters. The number of carbonyl (C=O) groups is 1. The van der Waals surface area contributed by atoms with Crippen LogP contribution < -0.4 is 4.74 Å². The van der Waals surface area contributed by atoms with E-state index in [9.17, 15) is 9.18 Å². The molecule has 0 radical (unpaired) electrons. The summed E-state index contributed by atoms with van der Waals surface area (Å²) in [7, 11) is 2.09. The molecule has 0 unspecified atom stereocenters. The predicted octanol–water partition coefficient (Wildman–Crippen LogP) is 3.99. The van der Waals surface area contributed by atoms with Crippen molar-refractivity contribution >= 4 is 5.91 Å². The normalized spacial score (nSPS) is 14.7. The van der Waals surface area contributed by atoms with E-state index in [1.165, 1.54) is 12.1 Å². The lowest BCUT2D eigenvalue weighted by atomic mass is 9.99. The van der Waals surface area contributed by atoms with Gasteiger partial charge in [0.2, 0.25) is 5.91 Å². The second-order valence-corrected chi connectivity index (χ2v) is 8.51. The Labute approximate surface area is 173 Å². The molecule has 0 saturated carbocycles. The zero-order valence-corrected chi connectivity index (χ0v) is 17.6. The summed E-state index contributed by atoms with van der Waals surface area (Å²) in [5.41, 5.74) is 1.92. The molecular formula is C24H31FN2O2. The first-order valence-corrected chi connectivity index (χ1v) is 10.3. The fourth-order valence-corrected chi connectivity index (χ4v) is 3.57. The van der Waals surface area contributed by atoms with Crippen LogP contribution in [0.15, 0.2) is 48.5 Å². The van der Waals surface area contributed by atoms with Crippen LogP contribution in [0.5, 0.6) is 5.75 Å². The Hall–Kier alpha value is -2.40. The molecule has 0 bridgehead atoms. The summed E-state index contributed by atoms with van der Waals surface area (Å²) in [4.78, 5) is 17.2. The zero-order valence-electron chi connectivity index (χ0n) is 17.6. The minimum Gasteiger partial charge on any atom is -0.493 e. The second kappa shape index (κ2) is 9.88. The Kier molecular flexibility index (Phi) is 7.26. The van der Waals surface area contributed by atoms with Gasteiger partial charge in [-0.25, -0.2) is 4.39 Å². The number of rotatable bonds is 9. The number of amides is 1. The van der Waals surface area contributed by atoms with Gasteiger partial charge in [-0.3, -0.25) is 4.79 Å². The highest BCUT2D eigenvalue weighted by Gasteiger charge is 2.27. The van der Waals surface area contributed by atoms with Crippen LogP contribution in [-0.4, -0.2) is 49.0 Å². The maximum atomic E-state index is 13.2. The SMILES string of the molecule is CC(C)COc1ccc(CC(=O)N(Cc2ccc(F)cc2)CC2CN(C)C2)cc1. The predicted molar refractivity (Wildman–Crippen MR) is 113 cm³/mol. The first-order chi connectivity index (χ1) is 13.9. The van der Waals surface area contributed by atoms with Crippen molar-refractivity contribution in [2.45, 2.75) is 26.8 Å². The fourth-order valence-electron chi connectivity index (χ4n) is 3.57. The van der Waals surface area contributed by atoms with E-state index in [1.807, 2.05) is 29.2 Å². The monoisotopic (exact) mass is 398 g/mol. The van der Waals surface area contributed by atoms with Crippen molar-refractivity contribution in [2.24, 2.45) is 11.8 Å². The standard InChI is InChI=1S/C24H31FN2O2/c1-18(2)17-29-23-10-6-19(7-11-23)12-24(28)27(16-21-13-26(3)14-21)15-20-4-8-22(25)9-5-20/h4-11,18,21H,12-17H2,1-3H3. The average Bonchev–Trinajstić information content (AvgIpc) is 2.67. The Balaban J connectivity index is 1.62. The summed E-state index contributed by atoms with van der Waals surface area (Å²) in [6.07, 6.45) is 0.355. The Morgan fingerprint density at radius 3 is 2.31 bits per heavy atom. The van der Waals surface area contributed by atoms with Gasteiger partial charge in [-0.2, -0.15) is 0 Å². The number of nitrogens with zero attached hydrogens (tertiary/aromatic N) is 2. The Morgan fingerprint density at radius 1 is 1.10 bits per heavy atom. The van der Waals surface area contributed by atoms with Gasteiger partial charge in [0.25, 0.3) is 0 Å². The summed E-state index contributed by atoms with van der Waals surface area (Å²) < 4.78 is 18.9. The number of halogens is 1. The van der Waals surface area contributed by atoms with E-state index in [0.29, 0.717) is 31.4 Å². The molecule has 2 aromatic rings. The van der Waals surface area contributed by atoms with Gasteiger partial charge in [-0.05, 0) is 48.4 Å². The Bertz CT molecular complexity index is 784. The van der Waals surface area contributed by atoms with E-state index < -0.39 is 0 Å². The summed E-state index contributed by atoms with van der Waals surface area (Å²) in [5, 5.41) is 0. The molecule has 2 aromatic carbocycles. The van der Waals surface area contributed by atoms with Crippen molar-refractivity contribution < 1.29 is 13.9 Å². The molecule has 4 nitrogen and oxygen atoms in total. The lowest BCUT2D eigenvalue weighted by molar-refractivity contribution is -0.132. The van der Waals surface area contributed by atoms with Gasteiger partial charge in [0, 0.05) is 32.1 Å². The summed E-state index contributed by atoms with van der Waals surface area (Å²) in [6.45, 7) is 8.17. The van der Waals surface area contributed by atoms with Gasteiger partial charge >= 0.3 is 0 Å². The molecule has 5 heteroatoms. The molecule has 156 valence electrons. The maximum absolute atomic E-state index is 13.2. The van der Waals surface area contributed by atoms with Crippen molar-refractivity contribution in [1.29, 1.82) is 0 Å². The van der Waals surface area contributed by atoms with Gasteiger partial charge < -0.3 is 14.5 Å². The van der Waals surface area contributed by atoms with Crippen LogP contribution >= 0.6 is 0 Å². The van der Waals surface area contributed by atoms with E-state index in [-0.39, 0.29) is 11.7 Å². The molecule has 29 heavy (non-hydrogen) atoms. The van der Waals surface area contributed by atoms with Crippen LogP contribution in [0.25, 0.3) is 0 Å². The van der Waals surface area contributed by atoms with Gasteiger partial charge in [0.1, 0.15) is 11.6 Å². The molecule has 0 spiro atoms. The fraction of sp³-hybridized carbons (Fsp3) is 0.458. The lowest BCUT2D eigenvalue weighted by Crippen LogP contribution is -2.50. The summed E-state index contributed by atoms with van der Waals surface area (Å²) in [5.74, 6) is 1.64. The van der Waals surface area contributed by atoms with Crippen molar-refractivity contribution in [3.8, 4) is 5.75 Å². The van der Waals surface area contributed by atoms with Crippen LogP contribution in [-0.2, 0) is 17.8 Å². The molecule has 1 aliphatic heterocycles. The van der Waals surface area contributed by atoms with Crippen LogP contribution in [0, 0.1) is 17.7 Å². The average molecular weight is 399 g/mol. The van der Waals surface area contributed by atoms with Crippen molar-refractivity contribution in [3.05, 3.63) is 65.5 Å². The number of ether oxygens (including phenoxy) is 1. The van der Waals surface area contributed by atoms with Crippen LogP contribution in [0.4, 0.5) is 4.39 Å². The van der Waals surface area contributed by atoms with Crippen molar-refractivity contribution in [3.63, 3.8) is 0 Å². The minimum atomic E-state index is -0.257. The van der Waals surface area contributed by atoms with Crippen LogP contribution in [0.3, 0.4) is 0 Å². The number of benzene rings is 2. The number of likely N-dealkylation sites (tertiary alicyclic amines) is 1. The lowest BCUT2D eigenvalue weighted by Gasteiger charge is -2.39. The molecule has 3 rings (SSSR count). The first-order valence-electron chi connectivity index (χ1n) is 10.3. The van der Waals surface area contributed by atoms with E-state index in [1.54, 1.807) is 12.1 Å². The van der Waals surface area contributed by atoms with E-state index >= 15 is 0 Å². The first kappa shape index (κ1) is 21.3. The zero-order chi connectivity index (χ0) is 20.8. The van der Waals surface area contributed by atoms with Gasteiger partial charge in [-0.15, -0.1) is 0 Å². The third kappa shape index (κ3) is 6.57. The highest BCUT2D eigenvalue weighted by molar-refractivity contribution is 5.78. The Morgan fingerprint density at radius 2 is 1.72 bits per heavy atom. The molecule has 1 aliphatic rings. The highest BCUT2D eigenvalue weighted by Crippen LogP contribution is 2.19. The van der Waals surface area contributed by atoms with Crippen molar-refractivity contribution in [1.82, 2.24) is 9.80 Å². The molecular weight excluding hydrogens is 367 g/mol. The maximum Gasteiger partial charge on any atom is 0.227 e. The molecule has 0 aliphatic carbocycles. The molecule has 1 saturated heterocycles. The molecule has 1 fully saturated rings. The topological polar surface area (TPSA) is 32.8 Å². The van der Waals surface area contributed by atoms with Crippen LogP contribution in [0.2, 0.25) is 0 Å². The van der Waals surface area contributed by atoms with E-state index in [0.717, 1.165) is 36.5 Å². The molecule has 0 N–H and O–H groups in total. The molecule has 1 amide bonds. The third-order valence-electron chi connectivity index (χ3n) is 5.12. The second-order valence-electron chi connectivity index (χ2n) is 8.51. The quantitative estimate of drug-likeness (QED) is 0.640. The number of carbonyl (C=O) groups excluding carboxylic acids is 1. The summed E-state index contributed by atoms with van der Waals surface area (Å²) >= 11 is 0.